The molecule has 140 valence electrons. The number of carbonyl (C=O) groups is 1. The Morgan fingerprint density at radius 3 is 2.63 bits per heavy atom. The molecule has 27 heavy (non-hydrogen) atoms. The highest BCUT2D eigenvalue weighted by molar-refractivity contribution is 5.97. The lowest BCUT2D eigenvalue weighted by Crippen LogP contribution is -2.36. The standard InChI is InChI=1S/C18H20N6O3/c1-24(2)10-14(20-18(27)13-4-3-12(25)9-15(13)26)17-21-16(22-23-17)11-5-7-19-8-6-11/h3-9,14,25-26H,10H2,1-2H3,(H,20,27)(H,21,22,23)/t14-/m0/s1. The van der Waals surface area contributed by atoms with Crippen molar-refractivity contribution < 1.29 is 15.0 Å². The number of phenolic OH excluding ortho intramolecular Hbond substituents is 2. The number of likely N-dealkylation sites (N-methyl/N-ethyl adjacent to an activating group) is 1. The van der Waals surface area contributed by atoms with E-state index in [9.17, 15) is 15.0 Å². The molecule has 0 aliphatic heterocycles. The van der Waals surface area contributed by atoms with E-state index in [0.717, 1.165) is 11.6 Å². The molecule has 0 saturated carbocycles. The first-order valence-electron chi connectivity index (χ1n) is 8.24. The molecule has 1 atom stereocenters. The van der Waals surface area contributed by atoms with Gasteiger partial charge in [-0.3, -0.25) is 14.9 Å². The second kappa shape index (κ2) is 7.83. The van der Waals surface area contributed by atoms with E-state index in [4.69, 9.17) is 0 Å². The van der Waals surface area contributed by atoms with Crippen molar-refractivity contribution in [3.8, 4) is 22.9 Å². The lowest BCUT2D eigenvalue weighted by Gasteiger charge is -2.20. The molecule has 0 aliphatic carbocycles. The van der Waals surface area contributed by atoms with Gasteiger partial charge in [0.05, 0.1) is 5.56 Å². The Morgan fingerprint density at radius 1 is 1.22 bits per heavy atom. The number of aromatic amines is 1. The molecule has 9 heteroatoms. The zero-order chi connectivity index (χ0) is 19.4. The summed E-state index contributed by atoms with van der Waals surface area (Å²) in [6, 6.07) is 6.92. The third kappa shape index (κ3) is 4.39. The number of pyridine rings is 1. The zero-order valence-corrected chi connectivity index (χ0v) is 14.9. The van der Waals surface area contributed by atoms with Gasteiger partial charge in [-0.25, -0.2) is 4.98 Å². The topological polar surface area (TPSA) is 127 Å². The molecule has 4 N–H and O–H groups in total. The minimum Gasteiger partial charge on any atom is -0.508 e. The average molecular weight is 368 g/mol. The number of aromatic nitrogens is 4. The molecule has 0 radical (unpaired) electrons. The number of carbonyl (C=O) groups excluding carboxylic acids is 1. The first-order valence-corrected chi connectivity index (χ1v) is 8.24. The van der Waals surface area contributed by atoms with E-state index in [2.05, 4.69) is 25.5 Å². The second-order valence-corrected chi connectivity index (χ2v) is 6.27. The number of H-pyrrole nitrogens is 1. The van der Waals surface area contributed by atoms with E-state index in [1.54, 1.807) is 24.5 Å². The molecule has 0 saturated heterocycles. The Bertz CT molecular complexity index is 926. The van der Waals surface area contributed by atoms with E-state index < -0.39 is 11.9 Å². The van der Waals surface area contributed by atoms with Gasteiger partial charge >= 0.3 is 0 Å². The van der Waals surface area contributed by atoms with E-state index in [1.807, 2.05) is 19.0 Å². The predicted octanol–water partition coefficient (Wildman–Crippen LogP) is 1.31. The highest BCUT2D eigenvalue weighted by atomic mass is 16.3. The third-order valence-corrected chi connectivity index (χ3v) is 3.85. The van der Waals surface area contributed by atoms with Crippen LogP contribution in [0.5, 0.6) is 11.5 Å². The van der Waals surface area contributed by atoms with E-state index in [-0.39, 0.29) is 17.1 Å². The van der Waals surface area contributed by atoms with Crippen molar-refractivity contribution in [2.24, 2.45) is 0 Å². The van der Waals surface area contributed by atoms with Crippen LogP contribution in [0.25, 0.3) is 11.4 Å². The largest absolute Gasteiger partial charge is 0.508 e. The van der Waals surface area contributed by atoms with Gasteiger partial charge in [0.2, 0.25) is 0 Å². The maximum absolute atomic E-state index is 12.6. The number of hydrogen-bond acceptors (Lipinski definition) is 7. The van der Waals surface area contributed by atoms with Crippen LogP contribution in [0.15, 0.2) is 42.7 Å². The second-order valence-electron chi connectivity index (χ2n) is 6.27. The van der Waals surface area contributed by atoms with Crippen LogP contribution < -0.4 is 5.32 Å². The number of amides is 1. The van der Waals surface area contributed by atoms with Gasteiger partial charge in [-0.1, -0.05) is 0 Å². The smallest absolute Gasteiger partial charge is 0.255 e. The highest BCUT2D eigenvalue weighted by Gasteiger charge is 2.22. The lowest BCUT2D eigenvalue weighted by atomic mass is 10.1. The van der Waals surface area contributed by atoms with E-state index >= 15 is 0 Å². The summed E-state index contributed by atoms with van der Waals surface area (Å²) in [4.78, 5) is 22.9. The summed E-state index contributed by atoms with van der Waals surface area (Å²) < 4.78 is 0. The van der Waals surface area contributed by atoms with Crippen LogP contribution in [0.4, 0.5) is 0 Å². The van der Waals surface area contributed by atoms with E-state index in [1.165, 1.54) is 12.1 Å². The fourth-order valence-electron chi connectivity index (χ4n) is 2.57. The fraction of sp³-hybridized carbons (Fsp3) is 0.222. The molecule has 3 aromatic rings. The normalized spacial score (nSPS) is 12.1. The lowest BCUT2D eigenvalue weighted by molar-refractivity contribution is 0.0925. The summed E-state index contributed by atoms with van der Waals surface area (Å²) in [6.45, 7) is 0.468. The van der Waals surface area contributed by atoms with Crippen molar-refractivity contribution in [2.45, 2.75) is 6.04 Å². The molecule has 0 unspecified atom stereocenters. The Kier molecular flexibility index (Phi) is 5.32. The predicted molar refractivity (Wildman–Crippen MR) is 98.1 cm³/mol. The van der Waals surface area contributed by atoms with E-state index in [0.29, 0.717) is 18.2 Å². The van der Waals surface area contributed by atoms with Crippen LogP contribution in [0.3, 0.4) is 0 Å². The van der Waals surface area contributed by atoms with Crippen LogP contribution in [0, 0.1) is 0 Å². The minimum absolute atomic E-state index is 0.0606. The van der Waals surface area contributed by atoms with Crippen molar-refractivity contribution in [3.63, 3.8) is 0 Å². The number of benzene rings is 1. The zero-order valence-electron chi connectivity index (χ0n) is 14.9. The summed E-state index contributed by atoms with van der Waals surface area (Å²) in [5.74, 6) is 0.0819. The molecule has 2 heterocycles. The van der Waals surface area contributed by atoms with Gasteiger partial charge in [-0.05, 0) is 38.4 Å². The van der Waals surface area contributed by atoms with Gasteiger partial charge in [-0.15, -0.1) is 0 Å². The molecule has 1 aromatic carbocycles. The summed E-state index contributed by atoms with van der Waals surface area (Å²) >= 11 is 0. The number of nitrogens with zero attached hydrogens (tertiary/aromatic N) is 4. The summed E-state index contributed by atoms with van der Waals surface area (Å²) in [6.07, 6.45) is 3.30. The molecule has 3 rings (SSSR count). The van der Waals surface area contributed by atoms with Gasteiger partial charge in [0, 0.05) is 30.6 Å². The van der Waals surface area contributed by atoms with Crippen molar-refractivity contribution in [3.05, 3.63) is 54.1 Å². The summed E-state index contributed by atoms with van der Waals surface area (Å²) in [5, 5.41) is 29.2. The minimum atomic E-state index is -0.485. The molecule has 1 amide bonds. The third-order valence-electron chi connectivity index (χ3n) is 3.85. The first-order chi connectivity index (χ1) is 12.9. The Morgan fingerprint density at radius 2 is 1.96 bits per heavy atom. The Labute approximate surface area is 155 Å². The summed E-state index contributed by atoms with van der Waals surface area (Å²) in [7, 11) is 3.74. The quantitative estimate of drug-likeness (QED) is 0.516. The monoisotopic (exact) mass is 368 g/mol. The van der Waals surface area contributed by atoms with Crippen LogP contribution in [-0.4, -0.2) is 61.8 Å². The molecule has 9 nitrogen and oxygen atoms in total. The maximum Gasteiger partial charge on any atom is 0.255 e. The molecule has 0 bridgehead atoms. The van der Waals surface area contributed by atoms with Gasteiger partial charge in [0.1, 0.15) is 23.4 Å². The SMILES string of the molecule is CN(C)C[C@H](NC(=O)c1ccc(O)cc1O)c1nc(-c2ccncc2)n[nH]1. The van der Waals surface area contributed by atoms with Crippen molar-refractivity contribution in [1.29, 1.82) is 0 Å². The fourth-order valence-corrected chi connectivity index (χ4v) is 2.57. The Balaban J connectivity index is 1.84. The average Bonchev–Trinajstić information content (AvgIpc) is 3.11. The number of hydrogen-bond donors (Lipinski definition) is 4. The summed E-state index contributed by atoms with van der Waals surface area (Å²) in [5.41, 5.74) is 0.865. The van der Waals surface area contributed by atoms with Crippen LogP contribution in [0.1, 0.15) is 22.2 Å². The number of aromatic hydroxyl groups is 2. The molecular formula is C18H20N6O3. The van der Waals surface area contributed by atoms with Gasteiger partial charge in [0.15, 0.2) is 5.82 Å². The van der Waals surface area contributed by atoms with Crippen molar-refractivity contribution >= 4 is 5.91 Å². The van der Waals surface area contributed by atoms with Crippen LogP contribution in [-0.2, 0) is 0 Å². The van der Waals surface area contributed by atoms with Gasteiger partial charge in [-0.2, -0.15) is 5.10 Å². The van der Waals surface area contributed by atoms with Crippen LogP contribution in [0.2, 0.25) is 0 Å². The number of phenols is 2. The van der Waals surface area contributed by atoms with Crippen LogP contribution >= 0.6 is 0 Å². The van der Waals surface area contributed by atoms with Gasteiger partial charge < -0.3 is 20.4 Å². The molecule has 0 aliphatic rings. The molecular weight excluding hydrogens is 348 g/mol. The van der Waals surface area contributed by atoms with Crippen molar-refractivity contribution in [1.82, 2.24) is 30.4 Å². The first kappa shape index (κ1) is 18.3. The number of nitrogens with one attached hydrogen (secondary N) is 2. The highest BCUT2D eigenvalue weighted by Crippen LogP contribution is 2.23. The maximum atomic E-state index is 12.6. The van der Waals surface area contributed by atoms with Crippen molar-refractivity contribution in [2.75, 3.05) is 20.6 Å². The molecule has 0 spiro atoms. The Hall–Kier alpha value is -3.46. The molecule has 0 fully saturated rings. The number of rotatable bonds is 6. The molecule has 2 aromatic heterocycles. The van der Waals surface area contributed by atoms with Gasteiger partial charge in [0.25, 0.3) is 5.91 Å².